The van der Waals surface area contributed by atoms with Gasteiger partial charge in [0.15, 0.2) is 6.10 Å². The van der Waals surface area contributed by atoms with Crippen LogP contribution in [0.15, 0.2) is 72.1 Å². The molecule has 27 heteroatoms. The van der Waals surface area contributed by atoms with E-state index in [0.717, 1.165) is 16.9 Å². The second-order valence-electron chi connectivity index (χ2n) is 26.2. The summed E-state index contributed by atoms with van der Waals surface area (Å²) < 4.78 is 11.7. The van der Waals surface area contributed by atoms with Crippen molar-refractivity contribution >= 4 is 82.6 Å². The standard InChI is InChI=1S/C69H104N12O14S/c1-14-34-80(52(42(3)4)37-53(95-67(92)71-12)63-76-51(41-96-63)61(86)75-49(38-69(10,11)65(89)90)36-46-23-18-16-19-24-46)64(88)59(45(9)15-2)78-62(87)60(44(7)8)79(13)68(93)94-40-47-27-29-48(30-28-47)74-55(83)39-73-50(25-22-33-72-66(70)91)58(43(5)6)77-54(82)26-20-17-21-35-81-56(84)31-32-57(81)85/h16,18-19,23-24,27-32,41-45,49-50,52-53,58-60,73H,14-15,17,20-22,25-26,33-40H2,1-13H3,(H,71,92)(H,74,83)(H,75,86)(H,77,82)(H,78,87)(H,89,90)(H3,70,72,91)/t45-,49-,50+,52+,53+,58-,59-,60+/m0/s1. The number of nitrogens with zero attached hydrogens (tertiary/aromatic N) is 4. The Balaban J connectivity index is 1.42. The summed E-state index contributed by atoms with van der Waals surface area (Å²) in [6.45, 7) is 20.8. The lowest BCUT2D eigenvalue weighted by Gasteiger charge is -2.40. The summed E-state index contributed by atoms with van der Waals surface area (Å²) in [7, 11) is 2.87. The number of nitrogens with two attached hydrogens (primary N) is 1. The van der Waals surface area contributed by atoms with E-state index in [-0.39, 0.29) is 111 Å². The third-order valence-corrected chi connectivity index (χ3v) is 18.0. The normalized spacial score (nSPS) is 14.8. The van der Waals surface area contributed by atoms with Crippen LogP contribution >= 0.6 is 11.3 Å². The first-order chi connectivity index (χ1) is 45.4. The molecular weight excluding hydrogens is 1250 g/mol. The fraction of sp³-hybridized carbons (Fsp3) is 0.594. The molecule has 26 nitrogen and oxygen atoms in total. The van der Waals surface area contributed by atoms with Crippen molar-refractivity contribution in [2.75, 3.05) is 45.6 Å². The average Bonchev–Trinajstić information content (AvgIpc) is 0.940. The topological polar surface area (TPSA) is 359 Å². The fourth-order valence-electron chi connectivity index (χ4n) is 11.4. The number of nitrogens with one attached hydrogen (secondary N) is 7. The lowest BCUT2D eigenvalue weighted by Crippen LogP contribution is -2.59. The van der Waals surface area contributed by atoms with E-state index >= 15 is 4.79 Å². The third-order valence-electron chi connectivity index (χ3n) is 17.0. The van der Waals surface area contributed by atoms with Crippen LogP contribution in [0, 0.1) is 29.1 Å². The van der Waals surface area contributed by atoms with E-state index in [4.69, 9.17) is 15.2 Å². The number of thiazole rings is 1. The van der Waals surface area contributed by atoms with Gasteiger partial charge in [-0.1, -0.05) is 118 Å². The Hall–Kier alpha value is -8.46. The maximum Gasteiger partial charge on any atom is 0.410 e. The number of hydrogen-bond donors (Lipinski definition) is 9. The van der Waals surface area contributed by atoms with Crippen molar-refractivity contribution in [1.82, 2.24) is 51.6 Å². The molecule has 1 aromatic heterocycles. The van der Waals surface area contributed by atoms with Crippen LogP contribution in [0.25, 0.3) is 0 Å². The molecule has 10 N–H and O–H groups in total. The lowest BCUT2D eigenvalue weighted by molar-refractivity contribution is -0.147. The minimum Gasteiger partial charge on any atom is -0.481 e. The van der Waals surface area contributed by atoms with Gasteiger partial charge in [0, 0.05) is 94.0 Å². The molecule has 2 aromatic carbocycles. The Morgan fingerprint density at radius 2 is 1.47 bits per heavy atom. The number of urea groups is 1. The summed E-state index contributed by atoms with van der Waals surface area (Å²) in [6.07, 6.45) is 4.39. The molecule has 8 atom stereocenters. The van der Waals surface area contributed by atoms with Crippen molar-refractivity contribution in [2.45, 2.75) is 196 Å². The Morgan fingerprint density at radius 1 is 0.802 bits per heavy atom. The number of alkyl carbamates (subject to hydrolysis) is 1. The van der Waals surface area contributed by atoms with Crippen molar-refractivity contribution in [2.24, 2.45) is 34.8 Å². The van der Waals surface area contributed by atoms with Crippen LogP contribution in [-0.2, 0) is 56.1 Å². The van der Waals surface area contributed by atoms with Crippen LogP contribution in [0.3, 0.4) is 0 Å². The van der Waals surface area contributed by atoms with Crippen molar-refractivity contribution in [3.8, 4) is 0 Å². The number of hydrogen-bond acceptors (Lipinski definition) is 16. The molecule has 4 rings (SSSR count). The van der Waals surface area contributed by atoms with Crippen molar-refractivity contribution in [3.05, 3.63) is 94.0 Å². The smallest absolute Gasteiger partial charge is 0.410 e. The Bertz CT molecular complexity index is 3090. The summed E-state index contributed by atoms with van der Waals surface area (Å²) in [5, 5.41) is 32.2. The van der Waals surface area contributed by atoms with E-state index in [2.05, 4.69) is 42.2 Å². The van der Waals surface area contributed by atoms with E-state index in [1.807, 2.05) is 78.8 Å². The summed E-state index contributed by atoms with van der Waals surface area (Å²) in [4.78, 5) is 153. The van der Waals surface area contributed by atoms with E-state index in [1.165, 1.54) is 36.0 Å². The summed E-state index contributed by atoms with van der Waals surface area (Å²) in [5.41, 5.74) is 6.11. The molecule has 0 spiro atoms. The number of likely N-dealkylation sites (N-methyl/N-ethyl adjacent to an activating group) is 1. The van der Waals surface area contributed by atoms with Gasteiger partial charge in [0.25, 0.3) is 17.7 Å². The number of anilines is 1. The zero-order valence-corrected chi connectivity index (χ0v) is 58.9. The number of carbonyl (C=O) groups is 11. The average molecular weight is 1360 g/mol. The number of benzene rings is 2. The molecule has 0 radical (unpaired) electrons. The minimum absolute atomic E-state index is 0.0408. The second-order valence-corrected chi connectivity index (χ2v) is 27.1. The first kappa shape index (κ1) is 80.0. The maximum absolute atomic E-state index is 15.2. The number of carbonyl (C=O) groups excluding carboxylic acids is 10. The number of amides is 11. The zero-order chi connectivity index (χ0) is 71.4. The summed E-state index contributed by atoms with van der Waals surface area (Å²) in [6, 6.07) is 11.3. The molecule has 0 aliphatic carbocycles. The highest BCUT2D eigenvalue weighted by Gasteiger charge is 2.41. The van der Waals surface area contributed by atoms with Crippen LogP contribution < -0.4 is 43.0 Å². The third kappa shape index (κ3) is 25.6. The number of aliphatic carboxylic acids is 1. The van der Waals surface area contributed by atoms with E-state index in [1.54, 1.807) is 62.2 Å². The Morgan fingerprint density at radius 3 is 2.05 bits per heavy atom. The second kappa shape index (κ2) is 39.5. The van der Waals surface area contributed by atoms with Crippen LogP contribution in [0.1, 0.15) is 173 Å². The van der Waals surface area contributed by atoms with Crippen LogP contribution in [0.2, 0.25) is 0 Å². The van der Waals surface area contributed by atoms with Crippen molar-refractivity contribution in [1.29, 1.82) is 0 Å². The fourth-order valence-corrected chi connectivity index (χ4v) is 12.3. The first-order valence-electron chi connectivity index (χ1n) is 33.3. The molecule has 2 heterocycles. The van der Waals surface area contributed by atoms with Gasteiger partial charge in [-0.25, -0.2) is 19.4 Å². The number of imide groups is 1. The number of carboxylic acid groups (broad SMARTS) is 1. The quantitative estimate of drug-likeness (QED) is 0.0193. The monoisotopic (exact) mass is 1360 g/mol. The van der Waals surface area contributed by atoms with Gasteiger partial charge in [0.2, 0.25) is 23.6 Å². The van der Waals surface area contributed by atoms with Crippen molar-refractivity contribution in [3.63, 3.8) is 0 Å². The molecule has 530 valence electrons. The van der Waals surface area contributed by atoms with E-state index < -0.39 is 83.6 Å². The summed E-state index contributed by atoms with van der Waals surface area (Å²) in [5.74, 6) is -4.86. The van der Waals surface area contributed by atoms with Gasteiger partial charge >= 0.3 is 24.2 Å². The number of carboxylic acids is 1. The Labute approximate surface area is 569 Å². The molecule has 0 bridgehead atoms. The van der Waals surface area contributed by atoms with E-state index in [0.29, 0.717) is 67.6 Å². The number of unbranched alkanes of at least 4 members (excludes halogenated alkanes) is 2. The maximum atomic E-state index is 15.2. The number of aromatic nitrogens is 1. The van der Waals surface area contributed by atoms with Gasteiger partial charge in [0.05, 0.1) is 12.0 Å². The van der Waals surface area contributed by atoms with Gasteiger partial charge in [-0.15, -0.1) is 11.3 Å². The number of ether oxygens (including phenoxy) is 2. The molecule has 1 aliphatic heterocycles. The molecule has 11 amide bonds. The van der Waals surface area contributed by atoms with Crippen molar-refractivity contribution < 1.29 is 67.3 Å². The van der Waals surface area contributed by atoms with Gasteiger partial charge < -0.3 is 62.4 Å². The molecule has 3 aromatic rings. The molecule has 0 saturated heterocycles. The van der Waals surface area contributed by atoms with Gasteiger partial charge in [-0.05, 0) is 106 Å². The highest BCUT2D eigenvalue weighted by atomic mass is 32.1. The predicted octanol–water partition coefficient (Wildman–Crippen LogP) is 7.83. The lowest BCUT2D eigenvalue weighted by atomic mass is 9.84. The number of primary amides is 1. The molecule has 0 fully saturated rings. The van der Waals surface area contributed by atoms with Gasteiger partial charge in [-0.2, -0.15) is 0 Å². The van der Waals surface area contributed by atoms with E-state index in [9.17, 15) is 53.1 Å². The molecule has 0 saturated carbocycles. The highest BCUT2D eigenvalue weighted by molar-refractivity contribution is 7.09. The highest BCUT2D eigenvalue weighted by Crippen LogP contribution is 2.33. The summed E-state index contributed by atoms with van der Waals surface area (Å²) >= 11 is 1.11. The SMILES string of the molecule is CCCN(C(=O)[C@@H](NC(=O)[C@@H](C(C)C)N(C)C(=O)OCc1ccc(NC(=O)CN[C@H](CCCNC(N)=O)[C@@H](NC(=O)CCCCCN2C(=O)C=CC2=O)C(C)C)cc1)[C@@H](C)CC)[C@H](C[C@@H](OC(=O)NC)c1nc(C(=O)N[C@@H](Cc2ccccc2)CC(C)(C)C(=O)O)cs1)C(C)C. The Kier molecular flexibility index (Phi) is 32.9. The van der Waals surface area contributed by atoms with Crippen LogP contribution in [0.4, 0.5) is 20.1 Å². The minimum atomic E-state index is -1.16. The molecule has 0 unspecified atom stereocenters. The van der Waals surface area contributed by atoms with Crippen LogP contribution in [0.5, 0.6) is 0 Å². The van der Waals surface area contributed by atoms with Gasteiger partial charge in [0.1, 0.15) is 29.4 Å². The van der Waals surface area contributed by atoms with Gasteiger partial charge in [-0.3, -0.25) is 48.2 Å². The molecule has 1 aliphatic rings. The largest absolute Gasteiger partial charge is 0.481 e. The predicted molar refractivity (Wildman–Crippen MR) is 366 cm³/mol. The molecule has 96 heavy (non-hydrogen) atoms. The first-order valence-corrected chi connectivity index (χ1v) is 34.2. The zero-order valence-electron chi connectivity index (χ0n) is 58.1. The van der Waals surface area contributed by atoms with Crippen LogP contribution in [-0.4, -0.2) is 167 Å². The number of rotatable bonds is 41. The molecular formula is C69H104N12O14S.